The minimum atomic E-state index is -4.20. The summed E-state index contributed by atoms with van der Waals surface area (Å²) in [5, 5.41) is 0. The number of aryl methyl sites for hydroxylation is 4. The molecule has 2 aromatic rings. The molecule has 0 saturated heterocycles. The Morgan fingerprint density at radius 2 is 0.846 bits per heavy atom. The maximum atomic E-state index is 10.7. The van der Waals surface area contributed by atoms with Gasteiger partial charge in [0.2, 0.25) is 0 Å². The first-order valence-corrected chi connectivity index (χ1v) is 31.7. The summed E-state index contributed by atoms with van der Waals surface area (Å²) >= 11 is -4.20. The van der Waals surface area contributed by atoms with E-state index in [-0.39, 0.29) is 0 Å². The van der Waals surface area contributed by atoms with Gasteiger partial charge in [0.15, 0.2) is 0 Å². The molecule has 0 atom stereocenters. The van der Waals surface area contributed by atoms with Crippen molar-refractivity contribution in [1.29, 1.82) is 0 Å². The molecule has 0 amide bonds. The number of hydrogen-bond donors (Lipinski definition) is 0. The van der Waals surface area contributed by atoms with Crippen molar-refractivity contribution >= 4 is 58.5 Å². The zero-order valence-electron chi connectivity index (χ0n) is 27.6. The van der Waals surface area contributed by atoms with E-state index in [0.29, 0.717) is 0 Å². The molecule has 0 aliphatic carbocycles. The van der Waals surface area contributed by atoms with Crippen molar-refractivity contribution in [3.8, 4) is 0 Å². The second-order valence-corrected chi connectivity index (χ2v) is 44.1. The van der Waals surface area contributed by atoms with E-state index in [2.05, 4.69) is 158 Å². The summed E-state index contributed by atoms with van der Waals surface area (Å²) in [6.45, 7) is 38.5. The summed E-state index contributed by atoms with van der Waals surface area (Å²) in [4.78, 5) is 3.87. The molecule has 39 heavy (non-hydrogen) atoms. The van der Waals surface area contributed by atoms with E-state index in [1.807, 2.05) is 0 Å². The molecular weight excluding hydrogens is 605 g/mol. The van der Waals surface area contributed by atoms with Crippen molar-refractivity contribution in [1.82, 2.24) is 3.19 Å². The number of para-hydroxylation sites is 2. The molecule has 0 spiro atoms. The molecule has 0 unspecified atom stereocenters. The van der Waals surface area contributed by atoms with Crippen LogP contribution in [-0.4, -0.2) is 50.3 Å². The Balaban J connectivity index is 3.48. The van der Waals surface area contributed by atoms with Gasteiger partial charge in [0.25, 0.3) is 0 Å². The number of nitrogens with zero attached hydrogens (tertiary/aromatic N) is 6. The number of hydrogen-bond acceptors (Lipinski definition) is 4. The first-order chi connectivity index (χ1) is 17.5. The van der Waals surface area contributed by atoms with Gasteiger partial charge in [-0.05, 0) is 0 Å². The monoisotopic (exact) mass is 660 g/mol. The van der Waals surface area contributed by atoms with Crippen molar-refractivity contribution in [3.05, 3.63) is 69.1 Å². The van der Waals surface area contributed by atoms with Crippen molar-refractivity contribution in [2.24, 2.45) is 4.07 Å². The third-order valence-corrected chi connectivity index (χ3v) is 45.5. The van der Waals surface area contributed by atoms with Crippen molar-refractivity contribution < 1.29 is 0 Å². The van der Waals surface area contributed by atoms with E-state index in [0.717, 1.165) is 0 Å². The first kappa shape index (κ1) is 33.9. The van der Waals surface area contributed by atoms with Gasteiger partial charge < -0.3 is 0 Å². The van der Waals surface area contributed by atoms with E-state index in [1.54, 1.807) is 0 Å². The van der Waals surface area contributed by atoms with Crippen LogP contribution >= 0.6 is 0 Å². The molecule has 0 aliphatic rings. The van der Waals surface area contributed by atoms with Gasteiger partial charge in [-0.15, -0.1) is 0 Å². The zero-order chi connectivity index (χ0) is 30.4. The first-order valence-electron chi connectivity index (χ1n) is 14.1. The van der Waals surface area contributed by atoms with E-state index in [4.69, 9.17) is 4.07 Å². The number of azide groups is 1. The summed E-state index contributed by atoms with van der Waals surface area (Å²) in [6, 6.07) is 13.3. The van der Waals surface area contributed by atoms with Crippen LogP contribution in [0.1, 0.15) is 22.3 Å². The molecule has 0 radical (unpaired) electrons. The fourth-order valence-corrected chi connectivity index (χ4v) is 55.4. The summed E-state index contributed by atoms with van der Waals surface area (Å²) in [5.74, 6) is 0. The fraction of sp³-hybridized carbons (Fsp3) is 0.571. The van der Waals surface area contributed by atoms with Crippen LogP contribution in [-0.2, 0) is 0 Å². The van der Waals surface area contributed by atoms with Crippen LogP contribution in [0.15, 0.2) is 40.5 Å². The summed E-state index contributed by atoms with van der Waals surface area (Å²) in [6.07, 6.45) is 0. The number of anilines is 2. The van der Waals surface area contributed by atoms with Crippen LogP contribution in [0.2, 0.25) is 78.6 Å². The molecule has 0 N–H and O–H groups in total. The van der Waals surface area contributed by atoms with Crippen molar-refractivity contribution in [2.45, 2.75) is 106 Å². The van der Waals surface area contributed by atoms with Crippen molar-refractivity contribution in [3.63, 3.8) is 0 Å². The second-order valence-electron chi connectivity index (χ2n) is 15.0. The molecular formula is C28H54GeN6Si4. The predicted octanol–water partition coefficient (Wildman–Crippen LogP) is 9.62. The molecule has 0 fully saturated rings. The molecule has 6 nitrogen and oxygen atoms in total. The van der Waals surface area contributed by atoms with Gasteiger partial charge in [-0.1, -0.05) is 0 Å². The van der Waals surface area contributed by atoms with Crippen LogP contribution in [0.25, 0.3) is 10.4 Å². The van der Waals surface area contributed by atoms with Gasteiger partial charge in [0, 0.05) is 0 Å². The SMILES string of the molecule is Cc1cccc(C)c1[N]([Si](C)(C)C)[Ge]([N]=[N+]=[N-])([N](c1c(C)cccc1C)[Si](C)(C)C)[N]([Si](C)(C)C)[Si](C)(C)C. The summed E-state index contributed by atoms with van der Waals surface area (Å²) < 4.78 is 13.9. The van der Waals surface area contributed by atoms with E-state index in [9.17, 15) is 5.53 Å². The predicted molar refractivity (Wildman–Crippen MR) is 187 cm³/mol. The topological polar surface area (TPSA) is 58.5 Å². The molecule has 0 saturated carbocycles. The third-order valence-electron chi connectivity index (χ3n) is 7.09. The Hall–Kier alpha value is -1.28. The quantitative estimate of drug-likeness (QED) is 0.111. The molecule has 2 aromatic carbocycles. The van der Waals surface area contributed by atoms with Crippen LogP contribution in [0.4, 0.5) is 11.4 Å². The van der Waals surface area contributed by atoms with Gasteiger partial charge in [-0.2, -0.15) is 0 Å². The number of benzene rings is 2. The molecule has 0 aromatic heterocycles. The standard InChI is InChI=1S/C28H54GeN6Si4/c1-23-19-17-20-24(2)27(23)33(36(5,6)7)29(31-32-30,35(38(11,12)13)39(14,15)16)34(37(8,9)10)28-25(3)21-18-22-26(28)4/h17-22H,1-16H3. The van der Waals surface area contributed by atoms with E-state index >= 15 is 0 Å². The summed E-state index contributed by atoms with van der Waals surface area (Å²) in [7, 11) is -8.39. The van der Waals surface area contributed by atoms with E-state index in [1.165, 1.54) is 33.6 Å². The average Bonchev–Trinajstić information content (AvgIpc) is 2.69. The Labute approximate surface area is 247 Å². The molecule has 0 bridgehead atoms. The number of rotatable bonds is 10. The minimum absolute atomic E-state index is 1.27. The van der Waals surface area contributed by atoms with Crippen LogP contribution in [0, 0.1) is 27.7 Å². The Kier molecular flexibility index (Phi) is 10.0. The Bertz CT molecular complexity index is 1110. The average molecular weight is 660 g/mol. The van der Waals surface area contributed by atoms with Gasteiger partial charge >= 0.3 is 248 Å². The van der Waals surface area contributed by atoms with Gasteiger partial charge in [0.05, 0.1) is 0 Å². The second kappa shape index (κ2) is 11.5. The Morgan fingerprint density at radius 1 is 0.564 bits per heavy atom. The Morgan fingerprint density at radius 3 is 1.05 bits per heavy atom. The van der Waals surface area contributed by atoms with Gasteiger partial charge in [-0.3, -0.25) is 0 Å². The van der Waals surface area contributed by atoms with Crippen LogP contribution < -0.4 is 7.05 Å². The summed E-state index contributed by atoms with van der Waals surface area (Å²) in [5.41, 5.74) is 18.3. The molecule has 2 rings (SSSR count). The molecule has 11 heteroatoms. The van der Waals surface area contributed by atoms with Gasteiger partial charge in [0.1, 0.15) is 0 Å². The van der Waals surface area contributed by atoms with Crippen LogP contribution in [0.3, 0.4) is 0 Å². The zero-order valence-corrected chi connectivity index (χ0v) is 33.7. The third kappa shape index (κ3) is 6.79. The molecule has 216 valence electrons. The molecule has 0 heterocycles. The van der Waals surface area contributed by atoms with Gasteiger partial charge in [-0.25, -0.2) is 0 Å². The van der Waals surface area contributed by atoms with Crippen molar-refractivity contribution in [2.75, 3.05) is 7.05 Å². The molecule has 0 aliphatic heterocycles. The normalized spacial score (nSPS) is 13.4. The fourth-order valence-electron chi connectivity index (χ4n) is 6.59. The maximum absolute atomic E-state index is 10.7. The van der Waals surface area contributed by atoms with Crippen LogP contribution in [0.5, 0.6) is 0 Å². The van der Waals surface area contributed by atoms with E-state index < -0.39 is 47.1 Å².